The van der Waals surface area contributed by atoms with Crippen molar-refractivity contribution in [2.75, 3.05) is 44.8 Å². The molecule has 1 saturated heterocycles. The first-order valence-corrected chi connectivity index (χ1v) is 14.7. The molecule has 7 heteroatoms. The minimum atomic E-state index is -0.793. The van der Waals surface area contributed by atoms with Crippen molar-refractivity contribution in [2.24, 2.45) is 0 Å². The lowest BCUT2D eigenvalue weighted by Crippen LogP contribution is -2.38. The number of fused-ring (bicyclic) bond motifs is 1. The Morgan fingerprint density at radius 2 is 1.61 bits per heavy atom. The highest BCUT2D eigenvalue weighted by molar-refractivity contribution is 6.48. The number of Topliss-reactive ketones (excluding diaryl/α,β-unsaturated/α-hetero) is 1. The lowest BCUT2D eigenvalue weighted by Gasteiger charge is -2.30. The second-order valence-electron chi connectivity index (χ2n) is 12.1. The summed E-state index contributed by atoms with van der Waals surface area (Å²) in [7, 11) is 0. The van der Waals surface area contributed by atoms with Crippen LogP contribution in [0.15, 0.2) is 48.5 Å². The van der Waals surface area contributed by atoms with Crippen LogP contribution in [0.5, 0.6) is 11.5 Å². The molecule has 0 aromatic heterocycles. The molecule has 0 bridgehead atoms. The van der Waals surface area contributed by atoms with Crippen LogP contribution in [0.25, 0.3) is 10.8 Å². The Balaban J connectivity index is 1.60. The fourth-order valence-electron chi connectivity index (χ4n) is 5.04. The minimum Gasteiger partial charge on any atom is -0.505 e. The maximum absolute atomic E-state index is 13.5. The summed E-state index contributed by atoms with van der Waals surface area (Å²) in [6.07, 6.45) is 1.68. The summed E-state index contributed by atoms with van der Waals surface area (Å²) in [4.78, 5) is 29.2. The average Bonchev–Trinajstić information content (AvgIpc) is 2.98. The van der Waals surface area contributed by atoms with Crippen molar-refractivity contribution in [3.63, 3.8) is 0 Å². The summed E-state index contributed by atoms with van der Waals surface area (Å²) >= 11 is 0. The van der Waals surface area contributed by atoms with Gasteiger partial charge in [0.25, 0.3) is 11.7 Å². The number of phenols is 1. The molecule has 0 saturated carbocycles. The first-order valence-electron chi connectivity index (χ1n) is 14.7. The Morgan fingerprint density at radius 3 is 2.27 bits per heavy atom. The predicted octanol–water partition coefficient (Wildman–Crippen LogP) is 6.45. The molecule has 0 atom stereocenters. The van der Waals surface area contributed by atoms with Crippen molar-refractivity contribution in [3.05, 3.63) is 65.2 Å². The average molecular weight is 561 g/mol. The molecule has 1 amide bonds. The number of carbonyl (C=O) groups is 2. The first kappa shape index (κ1) is 30.5. The predicted molar refractivity (Wildman–Crippen MR) is 164 cm³/mol. The van der Waals surface area contributed by atoms with Crippen LogP contribution in [0.1, 0.15) is 75.9 Å². The molecule has 7 nitrogen and oxygen atoms in total. The van der Waals surface area contributed by atoms with E-state index in [0.717, 1.165) is 62.2 Å². The largest absolute Gasteiger partial charge is 0.505 e. The molecule has 2 N–H and O–H groups in total. The number of nitrogens with zero attached hydrogens (tertiary/aromatic N) is 1. The van der Waals surface area contributed by atoms with Crippen LogP contribution in [0.3, 0.4) is 0 Å². The van der Waals surface area contributed by atoms with Gasteiger partial charge in [-0.2, -0.15) is 0 Å². The summed E-state index contributed by atoms with van der Waals surface area (Å²) in [6.45, 7) is 17.1. The van der Waals surface area contributed by atoms with Crippen molar-refractivity contribution < 1.29 is 24.2 Å². The lowest BCUT2D eigenvalue weighted by molar-refractivity contribution is -0.112. The number of ether oxygens (including phenoxy) is 2. The lowest BCUT2D eigenvalue weighted by atomic mass is 9.76. The third kappa shape index (κ3) is 6.74. The molecule has 0 aliphatic carbocycles. The molecule has 0 spiro atoms. The van der Waals surface area contributed by atoms with Gasteiger partial charge in [-0.3, -0.25) is 14.5 Å². The molecule has 0 unspecified atom stereocenters. The highest BCUT2D eigenvalue weighted by Gasteiger charge is 2.30. The van der Waals surface area contributed by atoms with Crippen LogP contribution in [-0.2, 0) is 20.4 Å². The number of amides is 1. The van der Waals surface area contributed by atoms with E-state index in [1.54, 1.807) is 18.2 Å². The molecule has 1 aliphatic rings. The Morgan fingerprint density at radius 1 is 0.951 bits per heavy atom. The quantitative estimate of drug-likeness (QED) is 0.159. The van der Waals surface area contributed by atoms with E-state index in [0.29, 0.717) is 17.7 Å². The summed E-state index contributed by atoms with van der Waals surface area (Å²) < 4.78 is 11.5. The van der Waals surface area contributed by atoms with E-state index in [4.69, 9.17) is 9.47 Å². The third-order valence-electron chi connectivity index (χ3n) is 8.74. The molecule has 41 heavy (non-hydrogen) atoms. The van der Waals surface area contributed by atoms with Gasteiger partial charge in [0.05, 0.1) is 18.9 Å². The second kappa shape index (κ2) is 12.6. The van der Waals surface area contributed by atoms with E-state index in [1.165, 1.54) is 0 Å². The van der Waals surface area contributed by atoms with Gasteiger partial charge in [-0.25, -0.2) is 0 Å². The van der Waals surface area contributed by atoms with Crippen molar-refractivity contribution >= 4 is 28.2 Å². The van der Waals surface area contributed by atoms with Gasteiger partial charge < -0.3 is 19.9 Å². The first-order chi connectivity index (χ1) is 19.5. The smallest absolute Gasteiger partial charge is 0.296 e. The van der Waals surface area contributed by atoms with E-state index in [1.807, 2.05) is 30.3 Å². The van der Waals surface area contributed by atoms with Crippen LogP contribution < -0.4 is 10.1 Å². The zero-order chi connectivity index (χ0) is 29.8. The molecular weight excluding hydrogens is 516 g/mol. The molecule has 1 heterocycles. The summed E-state index contributed by atoms with van der Waals surface area (Å²) in [6, 6.07) is 14.7. The molecule has 220 valence electrons. The summed E-state index contributed by atoms with van der Waals surface area (Å²) in [5, 5.41) is 15.4. The number of ketones is 1. The number of aromatic hydroxyl groups is 1. The molecule has 0 radical (unpaired) electrons. The van der Waals surface area contributed by atoms with E-state index in [9.17, 15) is 14.7 Å². The van der Waals surface area contributed by atoms with Crippen LogP contribution >= 0.6 is 0 Å². The maximum Gasteiger partial charge on any atom is 0.296 e. The number of carbonyl (C=O) groups excluding carboxylic acids is 2. The second-order valence-corrected chi connectivity index (χ2v) is 12.1. The number of anilines is 1. The van der Waals surface area contributed by atoms with Gasteiger partial charge >= 0.3 is 0 Å². The number of nitrogens with one attached hydrogen (secondary N) is 1. The summed E-state index contributed by atoms with van der Waals surface area (Å²) in [5.74, 6) is -0.790. The minimum absolute atomic E-state index is 0.00234. The molecule has 3 aromatic rings. The number of benzene rings is 3. The van der Waals surface area contributed by atoms with Gasteiger partial charge in [0.1, 0.15) is 18.1 Å². The van der Waals surface area contributed by atoms with Gasteiger partial charge in [-0.15, -0.1) is 0 Å². The Bertz CT molecular complexity index is 1410. The van der Waals surface area contributed by atoms with Gasteiger partial charge in [0.15, 0.2) is 0 Å². The zero-order valence-corrected chi connectivity index (χ0v) is 25.3. The van der Waals surface area contributed by atoms with Crippen LogP contribution in [-0.4, -0.2) is 61.2 Å². The van der Waals surface area contributed by atoms with Crippen molar-refractivity contribution in [2.45, 2.75) is 65.2 Å². The maximum atomic E-state index is 13.5. The van der Waals surface area contributed by atoms with E-state index in [-0.39, 0.29) is 27.8 Å². The van der Waals surface area contributed by atoms with E-state index in [2.05, 4.69) is 51.8 Å². The number of hydrogen-bond donors (Lipinski definition) is 2. The monoisotopic (exact) mass is 560 g/mol. The Hall–Kier alpha value is -3.42. The molecule has 1 aliphatic heterocycles. The normalized spacial score (nSPS) is 14.7. The highest BCUT2D eigenvalue weighted by atomic mass is 16.5. The van der Waals surface area contributed by atoms with Crippen LogP contribution in [0, 0.1) is 0 Å². The fourth-order valence-corrected chi connectivity index (χ4v) is 5.04. The van der Waals surface area contributed by atoms with Gasteiger partial charge in [-0.1, -0.05) is 71.9 Å². The van der Waals surface area contributed by atoms with Crippen molar-refractivity contribution in [1.82, 2.24) is 4.90 Å². The van der Waals surface area contributed by atoms with Gasteiger partial charge in [-0.05, 0) is 52.8 Å². The Kier molecular flexibility index (Phi) is 9.40. The zero-order valence-electron chi connectivity index (χ0n) is 25.3. The SMILES string of the molecule is CCC(C)(C)c1cc(NC(=O)C(=O)c2ccc(OCCN3CCOCC3)c3ccccc23)c(O)c(C(C)(C)CC)c1. The van der Waals surface area contributed by atoms with Crippen LogP contribution in [0.4, 0.5) is 5.69 Å². The summed E-state index contributed by atoms with van der Waals surface area (Å²) in [5.41, 5.74) is 1.81. The number of rotatable bonds is 11. The highest BCUT2D eigenvalue weighted by Crippen LogP contribution is 2.42. The molecular formula is C34H44N2O5. The molecule has 1 fully saturated rings. The number of phenolic OH excluding ortho intramolecular Hbond substituents is 1. The van der Waals surface area contributed by atoms with Crippen molar-refractivity contribution in [1.29, 1.82) is 0 Å². The number of hydrogen-bond acceptors (Lipinski definition) is 6. The standard InChI is InChI=1S/C34H44N2O5/c1-7-33(3,4)23-21-27(34(5,6)8-2)31(38)28(22-23)35-32(39)30(37)26-13-14-29(25-12-10-9-11-24(25)26)41-20-17-36-15-18-40-19-16-36/h9-14,21-22,38H,7-8,15-20H2,1-6H3,(H,35,39). The van der Waals surface area contributed by atoms with Gasteiger partial charge in [0, 0.05) is 36.1 Å². The topological polar surface area (TPSA) is 88.1 Å². The Labute approximate surface area is 243 Å². The molecule has 4 rings (SSSR count). The number of morpholine rings is 1. The molecule has 3 aromatic carbocycles. The van der Waals surface area contributed by atoms with Crippen LogP contribution in [0.2, 0.25) is 0 Å². The van der Waals surface area contributed by atoms with Gasteiger partial charge in [0.2, 0.25) is 0 Å². The fraction of sp³-hybridized carbons (Fsp3) is 0.471. The van der Waals surface area contributed by atoms with Crippen molar-refractivity contribution in [3.8, 4) is 11.5 Å². The van der Waals surface area contributed by atoms with E-state index >= 15 is 0 Å². The van der Waals surface area contributed by atoms with E-state index < -0.39 is 11.7 Å². The third-order valence-corrected chi connectivity index (χ3v) is 8.74.